The number of aliphatic hydroxyl groups is 1. The normalized spacial score (nSPS) is 39.0. The monoisotopic (exact) mass is 170 g/mol. The molecule has 1 aliphatic rings. The minimum absolute atomic E-state index is 0.138. The quantitative estimate of drug-likeness (QED) is 0.675. The lowest BCUT2D eigenvalue weighted by Gasteiger charge is -2.28. The van der Waals surface area contributed by atoms with Crippen LogP contribution in [0.3, 0.4) is 0 Å². The van der Waals surface area contributed by atoms with E-state index in [4.69, 9.17) is 0 Å². The second-order valence-corrected chi connectivity index (χ2v) is 5.08. The second-order valence-electron chi connectivity index (χ2n) is 5.08. The van der Waals surface area contributed by atoms with Gasteiger partial charge in [-0.15, -0.1) is 0 Å². The van der Waals surface area contributed by atoms with E-state index in [1.165, 1.54) is 19.3 Å². The number of hydrogen-bond acceptors (Lipinski definition) is 1. The molecule has 0 aromatic carbocycles. The third kappa shape index (κ3) is 1.82. The summed E-state index contributed by atoms with van der Waals surface area (Å²) < 4.78 is 0. The fourth-order valence-corrected chi connectivity index (χ4v) is 2.27. The summed E-state index contributed by atoms with van der Waals surface area (Å²) in [5.41, 5.74) is 0.203. The maximum Gasteiger partial charge on any atom is 0.0565 e. The fraction of sp³-hybridized carbons (Fsp3) is 1.00. The Balaban J connectivity index is 2.55. The van der Waals surface area contributed by atoms with Gasteiger partial charge >= 0.3 is 0 Å². The molecule has 0 bridgehead atoms. The Labute approximate surface area is 76.2 Å². The summed E-state index contributed by atoms with van der Waals surface area (Å²) in [5.74, 6) is 1.62. The van der Waals surface area contributed by atoms with Gasteiger partial charge in [0.05, 0.1) is 6.10 Å². The molecule has 0 amide bonds. The van der Waals surface area contributed by atoms with Crippen LogP contribution >= 0.6 is 0 Å². The summed E-state index contributed by atoms with van der Waals surface area (Å²) in [6, 6.07) is 0. The van der Waals surface area contributed by atoms with Crippen LogP contribution in [0.4, 0.5) is 0 Å². The Hall–Kier alpha value is -0.0400. The molecular weight excluding hydrogens is 148 g/mol. The minimum Gasteiger partial charge on any atom is -0.393 e. The molecule has 1 fully saturated rings. The third-order valence-electron chi connectivity index (χ3n) is 3.77. The van der Waals surface area contributed by atoms with Gasteiger partial charge in [-0.05, 0) is 43.4 Å². The van der Waals surface area contributed by atoms with Gasteiger partial charge in [-0.1, -0.05) is 20.8 Å². The zero-order chi connectivity index (χ0) is 9.35. The van der Waals surface area contributed by atoms with E-state index in [-0.39, 0.29) is 11.5 Å². The molecule has 1 rings (SSSR count). The van der Waals surface area contributed by atoms with Crippen molar-refractivity contribution >= 4 is 0 Å². The van der Waals surface area contributed by atoms with E-state index < -0.39 is 0 Å². The maximum absolute atomic E-state index is 9.61. The summed E-state index contributed by atoms with van der Waals surface area (Å²) in [6.45, 7) is 8.74. The SMILES string of the molecule is CC(C)[C@@H]1CC[C@](C)(C(C)O)C1. The topological polar surface area (TPSA) is 20.2 Å². The molecule has 12 heavy (non-hydrogen) atoms. The molecule has 0 aromatic heterocycles. The molecule has 1 heteroatoms. The van der Waals surface area contributed by atoms with Crippen molar-refractivity contribution < 1.29 is 5.11 Å². The van der Waals surface area contributed by atoms with Crippen LogP contribution in [0.2, 0.25) is 0 Å². The Morgan fingerprint density at radius 1 is 1.33 bits per heavy atom. The first-order valence-electron chi connectivity index (χ1n) is 5.14. The van der Waals surface area contributed by atoms with Crippen LogP contribution < -0.4 is 0 Å². The van der Waals surface area contributed by atoms with Crippen LogP contribution in [-0.2, 0) is 0 Å². The van der Waals surface area contributed by atoms with Gasteiger partial charge in [-0.3, -0.25) is 0 Å². The van der Waals surface area contributed by atoms with Gasteiger partial charge in [0.15, 0.2) is 0 Å². The molecule has 0 aliphatic heterocycles. The van der Waals surface area contributed by atoms with E-state index in [1.54, 1.807) is 0 Å². The predicted octanol–water partition coefficient (Wildman–Crippen LogP) is 2.83. The zero-order valence-corrected chi connectivity index (χ0v) is 8.80. The van der Waals surface area contributed by atoms with E-state index in [0.717, 1.165) is 11.8 Å². The van der Waals surface area contributed by atoms with Gasteiger partial charge in [-0.2, -0.15) is 0 Å². The lowest BCUT2D eigenvalue weighted by atomic mass is 9.81. The molecule has 72 valence electrons. The van der Waals surface area contributed by atoms with Gasteiger partial charge in [-0.25, -0.2) is 0 Å². The van der Waals surface area contributed by atoms with Crippen molar-refractivity contribution in [3.8, 4) is 0 Å². The highest BCUT2D eigenvalue weighted by Crippen LogP contribution is 2.46. The first-order chi connectivity index (χ1) is 5.46. The molecule has 1 aliphatic carbocycles. The lowest BCUT2D eigenvalue weighted by molar-refractivity contribution is 0.0527. The van der Waals surface area contributed by atoms with E-state index in [0.29, 0.717) is 0 Å². The zero-order valence-electron chi connectivity index (χ0n) is 8.80. The van der Waals surface area contributed by atoms with E-state index in [2.05, 4.69) is 20.8 Å². The number of aliphatic hydroxyl groups excluding tert-OH is 1. The van der Waals surface area contributed by atoms with Crippen molar-refractivity contribution in [1.29, 1.82) is 0 Å². The van der Waals surface area contributed by atoms with Crippen molar-refractivity contribution in [3.63, 3.8) is 0 Å². The minimum atomic E-state index is -0.138. The van der Waals surface area contributed by atoms with Crippen LogP contribution in [0.15, 0.2) is 0 Å². The Morgan fingerprint density at radius 2 is 1.92 bits per heavy atom. The average molecular weight is 170 g/mol. The molecule has 0 saturated heterocycles. The summed E-state index contributed by atoms with van der Waals surface area (Å²) in [7, 11) is 0. The molecule has 3 atom stereocenters. The van der Waals surface area contributed by atoms with Gasteiger partial charge in [0, 0.05) is 0 Å². The van der Waals surface area contributed by atoms with Crippen LogP contribution in [0.25, 0.3) is 0 Å². The van der Waals surface area contributed by atoms with Crippen molar-refractivity contribution in [1.82, 2.24) is 0 Å². The van der Waals surface area contributed by atoms with Crippen molar-refractivity contribution in [2.24, 2.45) is 17.3 Å². The number of rotatable bonds is 2. The van der Waals surface area contributed by atoms with Crippen LogP contribution in [0.5, 0.6) is 0 Å². The number of hydrogen-bond donors (Lipinski definition) is 1. The third-order valence-corrected chi connectivity index (χ3v) is 3.77. The van der Waals surface area contributed by atoms with Crippen LogP contribution in [0.1, 0.15) is 47.0 Å². The van der Waals surface area contributed by atoms with Crippen LogP contribution in [-0.4, -0.2) is 11.2 Å². The maximum atomic E-state index is 9.61. The van der Waals surface area contributed by atoms with Gasteiger partial charge in [0.2, 0.25) is 0 Å². The summed E-state index contributed by atoms with van der Waals surface area (Å²) in [6.07, 6.45) is 3.58. The summed E-state index contributed by atoms with van der Waals surface area (Å²) in [4.78, 5) is 0. The highest BCUT2D eigenvalue weighted by molar-refractivity contribution is 4.90. The average Bonchev–Trinajstić information content (AvgIpc) is 2.33. The van der Waals surface area contributed by atoms with E-state index in [9.17, 15) is 5.11 Å². The van der Waals surface area contributed by atoms with E-state index in [1.807, 2.05) is 6.92 Å². The van der Waals surface area contributed by atoms with Crippen molar-refractivity contribution in [3.05, 3.63) is 0 Å². The molecule has 0 aromatic rings. The highest BCUT2D eigenvalue weighted by atomic mass is 16.3. The van der Waals surface area contributed by atoms with Crippen molar-refractivity contribution in [2.75, 3.05) is 0 Å². The molecule has 0 heterocycles. The molecular formula is C11H22O. The first-order valence-corrected chi connectivity index (χ1v) is 5.14. The van der Waals surface area contributed by atoms with Crippen molar-refractivity contribution in [2.45, 2.75) is 53.1 Å². The molecule has 1 saturated carbocycles. The fourth-order valence-electron chi connectivity index (χ4n) is 2.27. The molecule has 0 radical (unpaired) electrons. The predicted molar refractivity (Wildman–Crippen MR) is 52.0 cm³/mol. The van der Waals surface area contributed by atoms with E-state index >= 15 is 0 Å². The summed E-state index contributed by atoms with van der Waals surface area (Å²) >= 11 is 0. The van der Waals surface area contributed by atoms with Gasteiger partial charge < -0.3 is 5.11 Å². The smallest absolute Gasteiger partial charge is 0.0565 e. The molecule has 1 N–H and O–H groups in total. The second kappa shape index (κ2) is 3.37. The standard InChI is InChI=1S/C11H22O/c1-8(2)10-5-6-11(4,7-10)9(3)12/h8-10,12H,5-7H2,1-4H3/t9?,10-,11+/m1/s1. The molecule has 1 unspecified atom stereocenters. The summed E-state index contributed by atoms with van der Waals surface area (Å²) in [5, 5.41) is 9.61. The van der Waals surface area contributed by atoms with Gasteiger partial charge in [0.25, 0.3) is 0 Å². The Kier molecular flexibility index (Phi) is 2.82. The molecule has 0 spiro atoms. The Bertz CT molecular complexity index is 151. The Morgan fingerprint density at radius 3 is 2.17 bits per heavy atom. The first kappa shape index (κ1) is 10.0. The largest absolute Gasteiger partial charge is 0.393 e. The van der Waals surface area contributed by atoms with Crippen LogP contribution in [0, 0.1) is 17.3 Å². The lowest BCUT2D eigenvalue weighted by Crippen LogP contribution is -2.27. The molecule has 1 nitrogen and oxygen atoms in total. The van der Waals surface area contributed by atoms with Gasteiger partial charge in [0.1, 0.15) is 0 Å². The highest BCUT2D eigenvalue weighted by Gasteiger charge is 2.39.